The van der Waals surface area contributed by atoms with Crippen LogP contribution in [0.25, 0.3) is 11.2 Å². The third-order valence-electron chi connectivity index (χ3n) is 2.31. The van der Waals surface area contributed by atoms with Gasteiger partial charge in [0.1, 0.15) is 5.52 Å². The third-order valence-corrected chi connectivity index (χ3v) is 4.06. The van der Waals surface area contributed by atoms with Crippen LogP contribution in [0.2, 0.25) is 5.15 Å². The van der Waals surface area contributed by atoms with Crippen LogP contribution in [0.5, 0.6) is 0 Å². The van der Waals surface area contributed by atoms with Gasteiger partial charge in [-0.1, -0.05) is 41.4 Å². The Kier molecular flexibility index (Phi) is 3.82. The number of alkyl halides is 1. The number of hydrogen-bond acceptors (Lipinski definition) is 4. The molecule has 0 radical (unpaired) electrons. The molecule has 2 rings (SSSR count). The number of fused-ring (bicyclic) bond motifs is 1. The number of aromatic amines is 1. The van der Waals surface area contributed by atoms with Crippen LogP contribution in [-0.2, 0) is 4.79 Å². The van der Waals surface area contributed by atoms with Crippen LogP contribution in [0, 0.1) is 5.92 Å². The van der Waals surface area contributed by atoms with Crippen molar-refractivity contribution in [1.29, 1.82) is 0 Å². The predicted octanol–water partition coefficient (Wildman–Crippen LogP) is 2.36. The zero-order chi connectivity index (χ0) is 13.3. The number of H-pyrrole nitrogens is 1. The molecule has 18 heavy (non-hydrogen) atoms. The van der Waals surface area contributed by atoms with E-state index >= 15 is 0 Å². The molecule has 0 aromatic carbocycles. The summed E-state index contributed by atoms with van der Waals surface area (Å²) >= 11 is 9.25. The lowest BCUT2D eigenvalue weighted by Crippen LogP contribution is -2.27. The molecule has 0 saturated carbocycles. The molecule has 0 bridgehead atoms. The van der Waals surface area contributed by atoms with E-state index in [1.54, 1.807) is 0 Å². The van der Waals surface area contributed by atoms with E-state index in [0.29, 0.717) is 11.2 Å². The van der Waals surface area contributed by atoms with Crippen LogP contribution in [0.15, 0.2) is 6.33 Å². The van der Waals surface area contributed by atoms with Crippen LogP contribution in [0.3, 0.4) is 0 Å². The minimum absolute atomic E-state index is 0.148. The van der Waals surface area contributed by atoms with E-state index in [1.807, 2.05) is 13.8 Å². The fourth-order valence-corrected chi connectivity index (χ4v) is 1.67. The lowest BCUT2D eigenvalue weighted by molar-refractivity contribution is -0.116. The molecule has 0 aliphatic carbocycles. The normalized spacial score (nSPS) is 12.9. The van der Waals surface area contributed by atoms with E-state index in [9.17, 15) is 4.79 Å². The smallest absolute Gasteiger partial charge is 0.240 e. The number of amides is 1. The summed E-state index contributed by atoms with van der Waals surface area (Å²) < 4.78 is 0. The SMILES string of the molecule is CC(C)C(Br)C(=O)Nc1nc(Cl)c2[nH]cnc2n1. The first kappa shape index (κ1) is 13.2. The highest BCUT2D eigenvalue weighted by Crippen LogP contribution is 2.19. The van der Waals surface area contributed by atoms with Gasteiger partial charge >= 0.3 is 0 Å². The Hall–Kier alpha value is -1.21. The minimum atomic E-state index is -0.310. The summed E-state index contributed by atoms with van der Waals surface area (Å²) in [5.74, 6) is 0.0974. The predicted molar refractivity (Wildman–Crippen MR) is 72.9 cm³/mol. The first-order valence-electron chi connectivity index (χ1n) is 5.30. The molecule has 6 nitrogen and oxygen atoms in total. The topological polar surface area (TPSA) is 83.6 Å². The Labute approximate surface area is 117 Å². The second-order valence-electron chi connectivity index (χ2n) is 4.07. The first-order chi connectivity index (χ1) is 8.49. The summed E-state index contributed by atoms with van der Waals surface area (Å²) in [5.41, 5.74) is 0.967. The Bertz CT molecular complexity index is 585. The van der Waals surface area contributed by atoms with Crippen molar-refractivity contribution in [2.45, 2.75) is 18.7 Å². The zero-order valence-electron chi connectivity index (χ0n) is 9.74. The van der Waals surface area contributed by atoms with E-state index in [1.165, 1.54) is 6.33 Å². The van der Waals surface area contributed by atoms with Gasteiger partial charge in [-0.25, -0.2) is 4.98 Å². The average Bonchev–Trinajstić information content (AvgIpc) is 2.76. The van der Waals surface area contributed by atoms with Gasteiger partial charge in [-0.3, -0.25) is 10.1 Å². The molecule has 0 aliphatic heterocycles. The summed E-state index contributed by atoms with van der Waals surface area (Å²) in [5, 5.41) is 2.82. The van der Waals surface area contributed by atoms with Crippen LogP contribution in [0.4, 0.5) is 5.95 Å². The summed E-state index contributed by atoms with van der Waals surface area (Å²) in [4.78, 5) is 26.4. The van der Waals surface area contributed by atoms with Gasteiger partial charge in [0.05, 0.1) is 11.2 Å². The van der Waals surface area contributed by atoms with E-state index in [-0.39, 0.29) is 27.8 Å². The van der Waals surface area contributed by atoms with Crippen LogP contribution in [0.1, 0.15) is 13.8 Å². The Morgan fingerprint density at radius 3 is 2.89 bits per heavy atom. The van der Waals surface area contributed by atoms with Gasteiger partial charge in [-0.05, 0) is 5.92 Å². The molecule has 1 unspecified atom stereocenters. The molecular weight excluding hydrogens is 322 g/mol. The fourth-order valence-electron chi connectivity index (χ4n) is 1.34. The number of rotatable bonds is 3. The van der Waals surface area contributed by atoms with Gasteiger partial charge in [0, 0.05) is 0 Å². The molecule has 0 aliphatic rings. The molecule has 0 saturated heterocycles. The van der Waals surface area contributed by atoms with E-state index < -0.39 is 0 Å². The van der Waals surface area contributed by atoms with Crippen molar-refractivity contribution in [2.75, 3.05) is 5.32 Å². The van der Waals surface area contributed by atoms with Gasteiger partial charge in [-0.2, -0.15) is 9.97 Å². The number of aromatic nitrogens is 4. The highest BCUT2D eigenvalue weighted by atomic mass is 79.9. The maximum absolute atomic E-state index is 11.8. The lowest BCUT2D eigenvalue weighted by atomic mass is 10.1. The van der Waals surface area contributed by atoms with Gasteiger partial charge < -0.3 is 4.98 Å². The third kappa shape index (κ3) is 2.62. The Balaban J connectivity index is 2.24. The lowest BCUT2D eigenvalue weighted by Gasteiger charge is -2.12. The maximum atomic E-state index is 11.8. The molecule has 2 aromatic rings. The van der Waals surface area contributed by atoms with Crippen molar-refractivity contribution >= 4 is 50.6 Å². The molecule has 0 spiro atoms. The number of carbonyl (C=O) groups excluding carboxylic acids is 1. The van der Waals surface area contributed by atoms with Crippen molar-refractivity contribution < 1.29 is 4.79 Å². The van der Waals surface area contributed by atoms with Gasteiger partial charge in [0.2, 0.25) is 11.9 Å². The highest BCUT2D eigenvalue weighted by molar-refractivity contribution is 9.10. The van der Waals surface area contributed by atoms with Crippen LogP contribution in [-0.4, -0.2) is 30.7 Å². The average molecular weight is 333 g/mol. The zero-order valence-corrected chi connectivity index (χ0v) is 12.1. The van der Waals surface area contributed by atoms with Crippen LogP contribution < -0.4 is 5.32 Å². The molecule has 1 amide bonds. The summed E-state index contributed by atoms with van der Waals surface area (Å²) in [6.07, 6.45) is 1.47. The van der Waals surface area contributed by atoms with Crippen molar-refractivity contribution in [1.82, 2.24) is 19.9 Å². The fraction of sp³-hybridized carbons (Fsp3) is 0.400. The summed E-state index contributed by atoms with van der Waals surface area (Å²) in [6.45, 7) is 3.87. The first-order valence-corrected chi connectivity index (χ1v) is 6.60. The molecule has 8 heteroatoms. The molecule has 2 N–H and O–H groups in total. The molecular formula is C10H11BrClN5O. The monoisotopic (exact) mass is 331 g/mol. The summed E-state index contributed by atoms with van der Waals surface area (Å²) in [7, 11) is 0. The number of hydrogen-bond donors (Lipinski definition) is 2. The summed E-state index contributed by atoms with van der Waals surface area (Å²) in [6, 6.07) is 0. The van der Waals surface area contributed by atoms with Crippen molar-refractivity contribution in [3.05, 3.63) is 11.5 Å². The second kappa shape index (κ2) is 5.19. The van der Waals surface area contributed by atoms with E-state index in [0.717, 1.165) is 0 Å². The Morgan fingerprint density at radius 2 is 2.22 bits per heavy atom. The molecule has 1 atom stereocenters. The largest absolute Gasteiger partial charge is 0.341 e. The molecule has 96 valence electrons. The standard InChI is InChI=1S/C10H11BrClN5O/c1-4(2)5(11)9(18)17-10-15-7(12)6-8(16-10)14-3-13-6/h3-5H,1-2H3,(H2,13,14,15,16,17,18). The molecule has 2 aromatic heterocycles. The van der Waals surface area contributed by atoms with Crippen molar-refractivity contribution in [3.63, 3.8) is 0 Å². The van der Waals surface area contributed by atoms with E-state index in [4.69, 9.17) is 11.6 Å². The number of carbonyl (C=O) groups is 1. The van der Waals surface area contributed by atoms with Gasteiger partial charge in [0.15, 0.2) is 10.8 Å². The number of nitrogens with zero attached hydrogens (tertiary/aromatic N) is 3. The van der Waals surface area contributed by atoms with Crippen molar-refractivity contribution in [2.24, 2.45) is 5.92 Å². The molecule has 0 fully saturated rings. The number of nitrogens with one attached hydrogen (secondary N) is 2. The highest BCUT2D eigenvalue weighted by Gasteiger charge is 2.20. The van der Waals surface area contributed by atoms with Crippen molar-refractivity contribution in [3.8, 4) is 0 Å². The maximum Gasteiger partial charge on any atom is 0.240 e. The van der Waals surface area contributed by atoms with Gasteiger partial charge in [-0.15, -0.1) is 0 Å². The second-order valence-corrected chi connectivity index (χ2v) is 5.42. The number of halogens is 2. The molecule has 2 heterocycles. The number of anilines is 1. The van der Waals surface area contributed by atoms with Crippen LogP contribution >= 0.6 is 27.5 Å². The minimum Gasteiger partial charge on any atom is -0.341 e. The Morgan fingerprint density at radius 1 is 1.50 bits per heavy atom. The quantitative estimate of drug-likeness (QED) is 0.667. The van der Waals surface area contributed by atoms with E-state index in [2.05, 4.69) is 41.2 Å². The number of imidazole rings is 1. The van der Waals surface area contributed by atoms with Gasteiger partial charge in [0.25, 0.3) is 0 Å².